The van der Waals surface area contributed by atoms with Gasteiger partial charge < -0.3 is 14.4 Å². The SMILES string of the molecule is N#Cc1ccc(-c2ccccc2-n2c3ccccc3c3cc(-c4cc5c6c(c4)N(c4ccc(-c7ccccc7)cc4)c4ccc(-c7ccccc7)cc4B6c4cc(-c6ccccc6)ccc4N5c4ccc(-c5ccccc5)cc4)ccc32)c(C#N)c1. The Morgan fingerprint density at radius 1 is 0.279 bits per heavy atom. The fourth-order valence-corrected chi connectivity index (χ4v) is 13.5. The summed E-state index contributed by atoms with van der Waals surface area (Å²) in [5.74, 6) is 0. The van der Waals surface area contributed by atoms with E-state index in [-0.39, 0.29) is 6.71 Å². The molecule has 0 spiro atoms. The average Bonchev–Trinajstić information content (AvgIpc) is 0.785. The summed E-state index contributed by atoms with van der Waals surface area (Å²) < 4.78 is 2.33. The Hall–Kier alpha value is -11.7. The Kier molecular flexibility index (Phi) is 12.0. The second kappa shape index (κ2) is 20.6. The van der Waals surface area contributed by atoms with Gasteiger partial charge in [-0.15, -0.1) is 0 Å². The molecule has 13 aromatic carbocycles. The van der Waals surface area contributed by atoms with E-state index in [1.165, 1.54) is 49.8 Å². The van der Waals surface area contributed by atoms with Gasteiger partial charge in [-0.25, -0.2) is 0 Å². The molecule has 5 nitrogen and oxygen atoms in total. The first kappa shape index (κ1) is 50.1. The summed E-state index contributed by atoms with van der Waals surface area (Å²) in [5.41, 5.74) is 27.5. The van der Waals surface area contributed by atoms with Crippen LogP contribution in [0, 0.1) is 22.7 Å². The van der Waals surface area contributed by atoms with Crippen LogP contribution in [0.2, 0.25) is 0 Å². The van der Waals surface area contributed by atoms with Crippen LogP contribution in [0.15, 0.2) is 303 Å². The fraction of sp³-hybridized carbons (Fsp3) is 0. The normalized spacial score (nSPS) is 12.1. The highest BCUT2D eigenvalue weighted by Gasteiger charge is 2.44. The predicted octanol–water partition coefficient (Wildman–Crippen LogP) is 18.6. The lowest BCUT2D eigenvalue weighted by Crippen LogP contribution is -2.61. The minimum Gasteiger partial charge on any atom is -0.311 e. The zero-order valence-electron chi connectivity index (χ0n) is 46.7. The van der Waals surface area contributed by atoms with Crippen LogP contribution in [0.3, 0.4) is 0 Å². The standard InChI is InChI=1S/C80H50BN5/c82-51-53-29-41-67(64(45-53)52-83)68-25-13-15-27-73(68)86-74-28-16-14-26-69(74)70-46-60(34-42-75(70)86)63-49-78-80-79(50-63)85(66-39-32-59(33-40-66)55-19-7-2-8-20-55)77-44-36-62(57-23-11-4-12-24-57)48-72(77)81(80)71-47-61(56-21-9-3-10-22-56)35-43-76(71)84(78)65-37-30-58(31-38-65)54-17-5-1-6-18-54/h1-50H. The summed E-state index contributed by atoms with van der Waals surface area (Å²) in [6.45, 7) is -0.149. The number of nitrogens with zero attached hydrogens (tertiary/aromatic N) is 5. The van der Waals surface area contributed by atoms with E-state index in [1.54, 1.807) is 12.1 Å². The van der Waals surface area contributed by atoms with Crippen LogP contribution in [0.25, 0.3) is 94.3 Å². The second-order valence-corrected chi connectivity index (χ2v) is 22.2. The predicted molar refractivity (Wildman–Crippen MR) is 357 cm³/mol. The van der Waals surface area contributed by atoms with Crippen molar-refractivity contribution < 1.29 is 0 Å². The lowest BCUT2D eigenvalue weighted by molar-refractivity contribution is 1.18. The smallest absolute Gasteiger partial charge is 0.252 e. The average molecular weight is 1090 g/mol. The van der Waals surface area contributed by atoms with Crippen molar-refractivity contribution in [2.45, 2.75) is 0 Å². The highest BCUT2D eigenvalue weighted by molar-refractivity contribution is 7.00. The summed E-state index contributed by atoms with van der Waals surface area (Å²) in [6.07, 6.45) is 0. The molecule has 3 heterocycles. The largest absolute Gasteiger partial charge is 0.311 e. The third-order valence-electron chi connectivity index (χ3n) is 17.5. The van der Waals surface area contributed by atoms with Crippen molar-refractivity contribution in [3.63, 3.8) is 0 Å². The lowest BCUT2D eigenvalue weighted by Gasteiger charge is -2.44. The van der Waals surface area contributed by atoms with E-state index in [1.807, 2.05) is 12.1 Å². The third-order valence-corrected chi connectivity index (χ3v) is 17.5. The van der Waals surface area contributed by atoms with Crippen LogP contribution in [0.4, 0.5) is 34.1 Å². The summed E-state index contributed by atoms with van der Waals surface area (Å²) in [4.78, 5) is 5.03. The first-order chi connectivity index (χ1) is 42.6. The summed E-state index contributed by atoms with van der Waals surface area (Å²) >= 11 is 0. The molecule has 86 heavy (non-hydrogen) atoms. The van der Waals surface area contributed by atoms with Crippen molar-refractivity contribution in [2.24, 2.45) is 0 Å². The Labute approximate surface area is 500 Å². The molecular formula is C80H50BN5. The van der Waals surface area contributed by atoms with E-state index >= 15 is 0 Å². The quantitative estimate of drug-likeness (QED) is 0.135. The molecule has 2 aliphatic rings. The van der Waals surface area contributed by atoms with Gasteiger partial charge in [-0.2, -0.15) is 10.5 Å². The Morgan fingerprint density at radius 2 is 0.721 bits per heavy atom. The van der Waals surface area contributed by atoms with Crippen molar-refractivity contribution in [3.8, 4) is 84.6 Å². The summed E-state index contributed by atoms with van der Waals surface area (Å²) in [5, 5.41) is 22.4. The molecule has 0 atom stereocenters. The molecule has 0 fully saturated rings. The number of fused-ring (bicyclic) bond motifs is 7. The van der Waals surface area contributed by atoms with Crippen molar-refractivity contribution in [1.82, 2.24) is 4.57 Å². The molecule has 0 bridgehead atoms. The number of hydrogen-bond donors (Lipinski definition) is 0. The van der Waals surface area contributed by atoms with Crippen molar-refractivity contribution in [2.75, 3.05) is 9.80 Å². The molecule has 398 valence electrons. The third kappa shape index (κ3) is 8.31. The number of aromatic nitrogens is 1. The van der Waals surface area contributed by atoms with Gasteiger partial charge in [0.15, 0.2) is 0 Å². The molecular weight excluding hydrogens is 1040 g/mol. The molecule has 2 aliphatic heterocycles. The number of hydrogen-bond acceptors (Lipinski definition) is 4. The number of anilines is 6. The van der Waals surface area contributed by atoms with E-state index < -0.39 is 0 Å². The maximum Gasteiger partial charge on any atom is 0.252 e. The van der Waals surface area contributed by atoms with E-state index in [4.69, 9.17) is 0 Å². The van der Waals surface area contributed by atoms with Gasteiger partial charge in [-0.3, -0.25) is 0 Å². The Morgan fingerprint density at radius 3 is 1.26 bits per heavy atom. The number of para-hydroxylation sites is 2. The fourth-order valence-electron chi connectivity index (χ4n) is 13.5. The van der Waals surface area contributed by atoms with E-state index in [9.17, 15) is 10.5 Å². The summed E-state index contributed by atoms with van der Waals surface area (Å²) in [6, 6.07) is 114. The van der Waals surface area contributed by atoms with Gasteiger partial charge in [0.25, 0.3) is 6.71 Å². The van der Waals surface area contributed by atoms with Crippen LogP contribution in [-0.4, -0.2) is 11.3 Å². The van der Waals surface area contributed by atoms with E-state index in [0.717, 1.165) is 95.0 Å². The second-order valence-electron chi connectivity index (χ2n) is 22.2. The molecule has 0 radical (unpaired) electrons. The van der Waals surface area contributed by atoms with Gasteiger partial charge in [0.1, 0.15) is 0 Å². The molecule has 0 unspecified atom stereocenters. The lowest BCUT2D eigenvalue weighted by atomic mass is 9.33. The van der Waals surface area contributed by atoms with Gasteiger partial charge in [-0.05, 0) is 157 Å². The molecule has 1 aromatic heterocycles. The number of nitriles is 2. The van der Waals surface area contributed by atoms with E-state index in [2.05, 4.69) is 306 Å². The minimum atomic E-state index is -0.149. The topological polar surface area (TPSA) is 59.0 Å². The van der Waals surface area contributed by atoms with Gasteiger partial charge in [-0.1, -0.05) is 218 Å². The first-order valence-corrected chi connectivity index (χ1v) is 29.1. The monoisotopic (exact) mass is 1090 g/mol. The van der Waals surface area contributed by atoms with Gasteiger partial charge >= 0.3 is 0 Å². The molecule has 6 heteroatoms. The molecule has 0 N–H and O–H groups in total. The van der Waals surface area contributed by atoms with Gasteiger partial charge in [0.05, 0.1) is 40.0 Å². The van der Waals surface area contributed by atoms with Crippen LogP contribution in [-0.2, 0) is 0 Å². The molecule has 14 aromatic rings. The maximum atomic E-state index is 10.4. The van der Waals surface area contributed by atoms with Gasteiger partial charge in [0, 0.05) is 56.0 Å². The highest BCUT2D eigenvalue weighted by Crippen LogP contribution is 2.48. The zero-order chi connectivity index (χ0) is 57.2. The maximum absolute atomic E-state index is 10.4. The molecule has 0 saturated carbocycles. The van der Waals surface area contributed by atoms with Gasteiger partial charge in [0.2, 0.25) is 0 Å². The number of rotatable bonds is 9. The molecule has 16 rings (SSSR count). The van der Waals surface area contributed by atoms with E-state index in [0.29, 0.717) is 11.1 Å². The van der Waals surface area contributed by atoms with Crippen molar-refractivity contribution >= 4 is 79.0 Å². The van der Waals surface area contributed by atoms with Crippen LogP contribution >= 0.6 is 0 Å². The van der Waals surface area contributed by atoms with Crippen LogP contribution in [0.1, 0.15) is 11.1 Å². The van der Waals surface area contributed by atoms with Crippen LogP contribution < -0.4 is 26.2 Å². The number of benzene rings is 13. The molecule has 0 aliphatic carbocycles. The Bertz CT molecular complexity index is 4860. The summed E-state index contributed by atoms with van der Waals surface area (Å²) in [7, 11) is 0. The Balaban J connectivity index is 0.964. The zero-order valence-corrected chi connectivity index (χ0v) is 46.7. The highest BCUT2D eigenvalue weighted by atomic mass is 15.2. The molecule has 0 saturated heterocycles. The van der Waals surface area contributed by atoms with Crippen LogP contribution in [0.5, 0.6) is 0 Å². The van der Waals surface area contributed by atoms with Crippen molar-refractivity contribution in [1.29, 1.82) is 10.5 Å². The van der Waals surface area contributed by atoms with Crippen molar-refractivity contribution in [3.05, 3.63) is 314 Å². The molecule has 0 amide bonds. The first-order valence-electron chi connectivity index (χ1n) is 29.1. The minimum absolute atomic E-state index is 0.149.